The molecule has 142 valence electrons. The number of carbonyl (C=O) groups is 2. The molecule has 6 heteroatoms. The number of esters is 1. The van der Waals surface area contributed by atoms with Gasteiger partial charge in [0.1, 0.15) is 11.6 Å². The first-order chi connectivity index (χ1) is 13.0. The standard InChI is InChI=1S/C21H22FNO4/c1-23(19-8-4-6-15-5-2-3-7-18(15)19)20(24)13-27-21(25)14-26-17-11-9-16(22)10-12-17/h2-3,5,7,9-12,19H,4,6,8,13-14H2,1H3/t19-/m1/s1. The van der Waals surface area contributed by atoms with Gasteiger partial charge in [-0.05, 0) is 54.7 Å². The summed E-state index contributed by atoms with van der Waals surface area (Å²) in [5.74, 6) is -0.935. The molecule has 27 heavy (non-hydrogen) atoms. The first-order valence-corrected chi connectivity index (χ1v) is 8.92. The Morgan fingerprint density at radius 2 is 1.85 bits per heavy atom. The second kappa shape index (κ2) is 8.66. The maximum absolute atomic E-state index is 12.8. The Kier molecular flexibility index (Phi) is 6.06. The predicted molar refractivity (Wildman–Crippen MR) is 97.7 cm³/mol. The predicted octanol–water partition coefficient (Wildman–Crippen LogP) is 3.28. The molecule has 0 bridgehead atoms. The third-order valence-corrected chi connectivity index (χ3v) is 4.73. The number of hydrogen-bond acceptors (Lipinski definition) is 4. The molecule has 3 rings (SSSR count). The highest BCUT2D eigenvalue weighted by Crippen LogP contribution is 2.33. The van der Waals surface area contributed by atoms with Gasteiger partial charge >= 0.3 is 5.97 Å². The Balaban J connectivity index is 1.49. The lowest BCUT2D eigenvalue weighted by Crippen LogP contribution is -2.36. The molecular weight excluding hydrogens is 349 g/mol. The average molecular weight is 371 g/mol. The summed E-state index contributed by atoms with van der Waals surface area (Å²) < 4.78 is 23.1. The first kappa shape index (κ1) is 18.9. The molecule has 1 aliphatic carbocycles. The molecule has 1 amide bonds. The number of carbonyl (C=O) groups excluding carboxylic acids is 2. The molecule has 0 N–H and O–H groups in total. The normalized spacial score (nSPS) is 15.6. The Morgan fingerprint density at radius 1 is 1.11 bits per heavy atom. The van der Waals surface area contributed by atoms with Crippen LogP contribution in [-0.2, 0) is 20.7 Å². The maximum atomic E-state index is 12.8. The van der Waals surface area contributed by atoms with Gasteiger partial charge in [-0.1, -0.05) is 24.3 Å². The molecule has 0 aromatic heterocycles. The number of benzene rings is 2. The Labute approximate surface area is 157 Å². The number of rotatable bonds is 6. The van der Waals surface area contributed by atoms with E-state index in [1.165, 1.54) is 29.8 Å². The fraction of sp³-hybridized carbons (Fsp3) is 0.333. The zero-order chi connectivity index (χ0) is 19.2. The molecule has 2 aromatic rings. The van der Waals surface area contributed by atoms with Gasteiger partial charge in [0.15, 0.2) is 13.2 Å². The number of hydrogen-bond donors (Lipinski definition) is 0. The molecule has 0 radical (unpaired) electrons. The molecule has 1 atom stereocenters. The van der Waals surface area contributed by atoms with Crippen LogP contribution in [0.2, 0.25) is 0 Å². The van der Waals surface area contributed by atoms with Gasteiger partial charge in [0.25, 0.3) is 5.91 Å². The summed E-state index contributed by atoms with van der Waals surface area (Å²) in [6.07, 6.45) is 2.93. The van der Waals surface area contributed by atoms with E-state index in [0.717, 1.165) is 24.8 Å². The highest BCUT2D eigenvalue weighted by Gasteiger charge is 2.26. The number of aryl methyl sites for hydroxylation is 1. The zero-order valence-corrected chi connectivity index (χ0v) is 15.2. The lowest BCUT2D eigenvalue weighted by atomic mass is 9.87. The largest absolute Gasteiger partial charge is 0.482 e. The second-order valence-electron chi connectivity index (χ2n) is 6.51. The molecule has 2 aromatic carbocycles. The number of nitrogens with zero attached hydrogens (tertiary/aromatic N) is 1. The number of halogens is 1. The number of likely N-dealkylation sites (N-methyl/N-ethyl adjacent to an activating group) is 1. The molecule has 0 aliphatic heterocycles. The van der Waals surface area contributed by atoms with Crippen molar-refractivity contribution in [1.82, 2.24) is 4.90 Å². The van der Waals surface area contributed by atoms with Gasteiger partial charge in [-0.2, -0.15) is 0 Å². The molecule has 0 spiro atoms. The van der Waals surface area contributed by atoms with E-state index in [1.54, 1.807) is 11.9 Å². The molecule has 0 heterocycles. The molecule has 0 fully saturated rings. The van der Waals surface area contributed by atoms with E-state index in [9.17, 15) is 14.0 Å². The van der Waals surface area contributed by atoms with Gasteiger partial charge in [-0.25, -0.2) is 9.18 Å². The second-order valence-corrected chi connectivity index (χ2v) is 6.51. The van der Waals surface area contributed by atoms with Crippen molar-refractivity contribution in [3.63, 3.8) is 0 Å². The monoisotopic (exact) mass is 371 g/mol. The first-order valence-electron chi connectivity index (χ1n) is 8.92. The van der Waals surface area contributed by atoms with Gasteiger partial charge in [-0.15, -0.1) is 0 Å². The number of fused-ring (bicyclic) bond motifs is 1. The summed E-state index contributed by atoms with van der Waals surface area (Å²) in [7, 11) is 1.73. The summed E-state index contributed by atoms with van der Waals surface area (Å²) in [5, 5.41) is 0. The molecule has 0 unspecified atom stereocenters. The van der Waals surface area contributed by atoms with Crippen LogP contribution in [0.25, 0.3) is 0 Å². The van der Waals surface area contributed by atoms with Crippen molar-refractivity contribution in [2.45, 2.75) is 25.3 Å². The lowest BCUT2D eigenvalue weighted by Gasteiger charge is -2.33. The molecule has 0 saturated heterocycles. The third-order valence-electron chi connectivity index (χ3n) is 4.73. The number of ether oxygens (including phenoxy) is 2. The van der Waals surface area contributed by atoms with Crippen molar-refractivity contribution < 1.29 is 23.5 Å². The molecule has 0 saturated carbocycles. The SMILES string of the molecule is CN(C(=O)COC(=O)COc1ccc(F)cc1)[C@@H]1CCCc2ccccc21. The molecular formula is C21H22FNO4. The Morgan fingerprint density at radius 3 is 2.63 bits per heavy atom. The summed E-state index contributed by atoms with van der Waals surface area (Å²) >= 11 is 0. The third kappa shape index (κ3) is 4.84. The van der Waals surface area contributed by atoms with Crippen molar-refractivity contribution in [2.24, 2.45) is 0 Å². The van der Waals surface area contributed by atoms with Crippen LogP contribution in [-0.4, -0.2) is 37.0 Å². The van der Waals surface area contributed by atoms with Crippen LogP contribution in [0.1, 0.15) is 30.0 Å². The van der Waals surface area contributed by atoms with Crippen LogP contribution in [0.4, 0.5) is 4.39 Å². The van der Waals surface area contributed by atoms with Crippen LogP contribution in [0.15, 0.2) is 48.5 Å². The lowest BCUT2D eigenvalue weighted by molar-refractivity contribution is -0.154. The van der Waals surface area contributed by atoms with Crippen molar-refractivity contribution in [3.05, 3.63) is 65.5 Å². The zero-order valence-electron chi connectivity index (χ0n) is 15.2. The highest BCUT2D eigenvalue weighted by atomic mass is 19.1. The minimum atomic E-state index is -0.648. The minimum absolute atomic E-state index is 0.00313. The summed E-state index contributed by atoms with van der Waals surface area (Å²) in [4.78, 5) is 25.9. The van der Waals surface area contributed by atoms with Crippen LogP contribution in [0, 0.1) is 5.82 Å². The van der Waals surface area contributed by atoms with E-state index in [4.69, 9.17) is 9.47 Å². The van der Waals surface area contributed by atoms with Gasteiger partial charge < -0.3 is 14.4 Å². The van der Waals surface area contributed by atoms with E-state index >= 15 is 0 Å². The number of amides is 1. The average Bonchev–Trinajstić information content (AvgIpc) is 2.70. The summed E-state index contributed by atoms with van der Waals surface area (Å²) in [5.41, 5.74) is 2.42. The minimum Gasteiger partial charge on any atom is -0.482 e. The molecule has 5 nitrogen and oxygen atoms in total. The van der Waals surface area contributed by atoms with Crippen LogP contribution < -0.4 is 4.74 Å². The van der Waals surface area contributed by atoms with E-state index < -0.39 is 5.97 Å². The maximum Gasteiger partial charge on any atom is 0.344 e. The van der Waals surface area contributed by atoms with Crippen molar-refractivity contribution in [3.8, 4) is 5.75 Å². The topological polar surface area (TPSA) is 55.8 Å². The van der Waals surface area contributed by atoms with Crippen molar-refractivity contribution >= 4 is 11.9 Å². The van der Waals surface area contributed by atoms with Gasteiger partial charge in [0, 0.05) is 7.05 Å². The van der Waals surface area contributed by atoms with Crippen LogP contribution in [0.5, 0.6) is 5.75 Å². The summed E-state index contributed by atoms with van der Waals surface area (Å²) in [6, 6.07) is 13.4. The summed E-state index contributed by atoms with van der Waals surface area (Å²) in [6.45, 7) is -0.671. The fourth-order valence-corrected chi connectivity index (χ4v) is 3.26. The fourth-order valence-electron chi connectivity index (χ4n) is 3.26. The van der Waals surface area contributed by atoms with Crippen molar-refractivity contribution in [1.29, 1.82) is 0 Å². The van der Waals surface area contributed by atoms with Gasteiger partial charge in [0.2, 0.25) is 0 Å². The highest BCUT2D eigenvalue weighted by molar-refractivity contribution is 5.81. The van der Waals surface area contributed by atoms with Crippen LogP contribution >= 0.6 is 0 Å². The van der Waals surface area contributed by atoms with E-state index in [0.29, 0.717) is 5.75 Å². The van der Waals surface area contributed by atoms with E-state index in [-0.39, 0.29) is 31.0 Å². The van der Waals surface area contributed by atoms with E-state index in [1.807, 2.05) is 18.2 Å². The molecule has 1 aliphatic rings. The Hall–Kier alpha value is -2.89. The van der Waals surface area contributed by atoms with Gasteiger partial charge in [0.05, 0.1) is 6.04 Å². The van der Waals surface area contributed by atoms with Crippen LogP contribution in [0.3, 0.4) is 0 Å². The smallest absolute Gasteiger partial charge is 0.344 e. The van der Waals surface area contributed by atoms with E-state index in [2.05, 4.69) is 6.07 Å². The van der Waals surface area contributed by atoms with Gasteiger partial charge in [-0.3, -0.25) is 4.79 Å². The van der Waals surface area contributed by atoms with Crippen molar-refractivity contribution in [2.75, 3.05) is 20.3 Å². The Bertz CT molecular complexity index is 806. The quantitative estimate of drug-likeness (QED) is 0.732.